The molecule has 3 aromatic rings. The van der Waals surface area contributed by atoms with E-state index in [4.69, 9.17) is 10.3 Å². The Hall–Kier alpha value is -3.70. The number of nitrogens with one attached hydrogen (secondary N) is 2. The van der Waals surface area contributed by atoms with E-state index in [1.54, 1.807) is 13.3 Å². The molecule has 0 unspecified atom stereocenters. The highest BCUT2D eigenvalue weighted by Crippen LogP contribution is 2.47. The number of anilines is 3. The van der Waals surface area contributed by atoms with E-state index in [0.717, 1.165) is 51.3 Å². The number of rotatable bonds is 6. The van der Waals surface area contributed by atoms with Crippen LogP contribution in [0, 0.1) is 0 Å². The van der Waals surface area contributed by atoms with Crippen LogP contribution in [0.25, 0.3) is 21.2 Å². The number of ether oxygens (including phenoxy) is 1. The third kappa shape index (κ3) is 3.43. The highest BCUT2D eigenvalue weighted by Gasteiger charge is 2.20. The summed E-state index contributed by atoms with van der Waals surface area (Å²) in [5, 5.41) is 12.7. The summed E-state index contributed by atoms with van der Waals surface area (Å²) in [5.74, 6) is 1.55. The third-order valence-electron chi connectivity index (χ3n) is 4.59. The molecule has 0 saturated heterocycles. The van der Waals surface area contributed by atoms with Crippen molar-refractivity contribution in [2.45, 2.75) is 6.42 Å². The lowest BCUT2D eigenvalue weighted by Gasteiger charge is -2.25. The number of aliphatic imine (C=N–C) groups is 1. The second kappa shape index (κ2) is 7.90. The molecule has 0 atom stereocenters. The van der Waals surface area contributed by atoms with E-state index in [-0.39, 0.29) is 0 Å². The Morgan fingerprint density at radius 3 is 2.82 bits per heavy atom. The Morgan fingerprint density at radius 1 is 1.14 bits per heavy atom. The zero-order valence-electron chi connectivity index (χ0n) is 15.5. The van der Waals surface area contributed by atoms with Crippen LogP contribution in [0.1, 0.15) is 12.0 Å². The molecular weight excluding hydrogens is 352 g/mol. The van der Waals surface area contributed by atoms with Crippen LogP contribution < -0.4 is 15.4 Å². The maximum Gasteiger partial charge on any atom is 0.153 e. The fourth-order valence-corrected chi connectivity index (χ4v) is 3.33. The van der Waals surface area contributed by atoms with Gasteiger partial charge in [0, 0.05) is 53.8 Å². The summed E-state index contributed by atoms with van der Waals surface area (Å²) in [7, 11) is 1.75. The van der Waals surface area contributed by atoms with Gasteiger partial charge >= 0.3 is 0 Å². The van der Waals surface area contributed by atoms with Crippen LogP contribution in [0.15, 0.2) is 58.6 Å². The van der Waals surface area contributed by atoms with Crippen LogP contribution >= 0.6 is 0 Å². The molecular formula is C21H20N6O. The van der Waals surface area contributed by atoms with E-state index >= 15 is 0 Å². The molecule has 0 aliphatic carbocycles. The van der Waals surface area contributed by atoms with Crippen molar-refractivity contribution in [3.05, 3.63) is 64.5 Å². The molecule has 0 saturated carbocycles. The van der Waals surface area contributed by atoms with E-state index in [2.05, 4.69) is 37.8 Å². The highest BCUT2D eigenvalue weighted by atomic mass is 16.5. The van der Waals surface area contributed by atoms with Crippen molar-refractivity contribution in [1.82, 2.24) is 0 Å². The Labute approximate surface area is 162 Å². The lowest BCUT2D eigenvalue weighted by molar-refractivity contribution is 0.482. The fraction of sp³-hybridized carbons (Fsp3) is 0.190. The van der Waals surface area contributed by atoms with Crippen molar-refractivity contribution >= 4 is 34.0 Å². The predicted octanol–water partition coefficient (Wildman–Crippen LogP) is 5.85. The molecule has 7 heteroatoms. The van der Waals surface area contributed by atoms with Crippen LogP contribution in [0.4, 0.5) is 17.1 Å². The molecule has 0 amide bonds. The molecule has 1 heterocycles. The molecule has 0 radical (unpaired) electrons. The van der Waals surface area contributed by atoms with E-state index in [1.165, 1.54) is 0 Å². The van der Waals surface area contributed by atoms with Gasteiger partial charge in [0.25, 0.3) is 0 Å². The number of benzene rings is 3. The quantitative estimate of drug-likeness (QED) is 0.146. The van der Waals surface area contributed by atoms with Gasteiger partial charge in [-0.15, -0.1) is 0 Å². The maximum absolute atomic E-state index is 8.40. The topological polar surface area (TPSA) is 94.4 Å². The summed E-state index contributed by atoms with van der Waals surface area (Å²) in [6.45, 7) is 1.18. The largest absolute Gasteiger partial charge is 0.453 e. The molecule has 28 heavy (non-hydrogen) atoms. The number of hydrogen-bond acceptors (Lipinski definition) is 5. The number of azide groups is 1. The highest BCUT2D eigenvalue weighted by molar-refractivity contribution is 6.06. The van der Waals surface area contributed by atoms with Gasteiger partial charge in [-0.05, 0) is 29.6 Å². The van der Waals surface area contributed by atoms with Crippen molar-refractivity contribution in [1.29, 1.82) is 0 Å². The van der Waals surface area contributed by atoms with Crippen molar-refractivity contribution in [2.75, 3.05) is 30.8 Å². The Balaban J connectivity index is 1.69. The second-order valence-corrected chi connectivity index (χ2v) is 6.45. The maximum atomic E-state index is 8.40. The first-order chi connectivity index (χ1) is 13.8. The molecule has 0 spiro atoms. The van der Waals surface area contributed by atoms with Crippen LogP contribution in [0.2, 0.25) is 0 Å². The average molecular weight is 372 g/mol. The van der Waals surface area contributed by atoms with Crippen molar-refractivity contribution in [3.8, 4) is 11.5 Å². The van der Waals surface area contributed by atoms with Crippen molar-refractivity contribution in [2.24, 2.45) is 10.1 Å². The zero-order chi connectivity index (χ0) is 19.3. The minimum absolute atomic E-state index is 0.472. The smallest absolute Gasteiger partial charge is 0.153 e. The summed E-state index contributed by atoms with van der Waals surface area (Å²) >= 11 is 0. The van der Waals surface area contributed by atoms with Gasteiger partial charge in [-0.3, -0.25) is 4.99 Å². The molecule has 0 aromatic heterocycles. The average Bonchev–Trinajstić information content (AvgIpc) is 2.72. The lowest BCUT2D eigenvalue weighted by Crippen LogP contribution is -2.07. The van der Waals surface area contributed by atoms with Crippen LogP contribution in [0.5, 0.6) is 11.5 Å². The number of nitrogens with zero attached hydrogens (tertiary/aromatic N) is 4. The van der Waals surface area contributed by atoms with Gasteiger partial charge in [-0.2, -0.15) is 0 Å². The van der Waals surface area contributed by atoms with Crippen LogP contribution in [-0.2, 0) is 0 Å². The summed E-state index contributed by atoms with van der Waals surface area (Å²) in [6, 6.07) is 16.2. The first-order valence-electron chi connectivity index (χ1n) is 9.11. The molecule has 4 rings (SSSR count). The monoisotopic (exact) mass is 372 g/mol. The second-order valence-electron chi connectivity index (χ2n) is 6.45. The minimum Gasteiger partial charge on any atom is -0.453 e. The van der Waals surface area contributed by atoms with Gasteiger partial charge in [0.1, 0.15) is 0 Å². The standard InChI is InChI=1S/C21H20N6O/c1-23-13-14-7-8-17-19(11-14)28-20-12-18(24-9-4-10-25-27-22)15-5-2-3-6-16(15)21(20)26-17/h2-3,5-8,11-13,24,26H,4,9-10H2,1H3. The van der Waals surface area contributed by atoms with Gasteiger partial charge in [0.15, 0.2) is 11.5 Å². The summed E-state index contributed by atoms with van der Waals surface area (Å²) in [4.78, 5) is 6.86. The summed E-state index contributed by atoms with van der Waals surface area (Å²) in [6.07, 6.45) is 2.56. The predicted molar refractivity (Wildman–Crippen MR) is 114 cm³/mol. The number of hydrogen-bond donors (Lipinski definition) is 2. The Morgan fingerprint density at radius 2 is 2.00 bits per heavy atom. The fourth-order valence-electron chi connectivity index (χ4n) is 3.33. The van der Waals surface area contributed by atoms with Crippen LogP contribution in [0.3, 0.4) is 0 Å². The lowest BCUT2D eigenvalue weighted by atomic mass is 10.0. The Kier molecular flexibility index (Phi) is 4.99. The van der Waals surface area contributed by atoms with E-state index in [9.17, 15) is 0 Å². The molecule has 140 valence electrons. The summed E-state index contributed by atoms with van der Waals surface area (Å²) in [5.41, 5.74) is 12.3. The van der Waals surface area contributed by atoms with Crippen molar-refractivity contribution < 1.29 is 4.74 Å². The van der Waals surface area contributed by atoms with E-state index in [1.807, 2.05) is 36.4 Å². The first-order valence-corrected chi connectivity index (χ1v) is 9.11. The van der Waals surface area contributed by atoms with Gasteiger partial charge in [0.2, 0.25) is 0 Å². The van der Waals surface area contributed by atoms with E-state index < -0.39 is 0 Å². The van der Waals surface area contributed by atoms with E-state index in [0.29, 0.717) is 13.1 Å². The third-order valence-corrected chi connectivity index (χ3v) is 4.59. The molecule has 2 N–H and O–H groups in total. The van der Waals surface area contributed by atoms with Gasteiger partial charge < -0.3 is 15.4 Å². The van der Waals surface area contributed by atoms with Gasteiger partial charge in [0.05, 0.1) is 11.4 Å². The van der Waals surface area contributed by atoms with Crippen molar-refractivity contribution in [3.63, 3.8) is 0 Å². The molecule has 0 fully saturated rings. The molecule has 3 aromatic carbocycles. The van der Waals surface area contributed by atoms with Gasteiger partial charge in [-0.25, -0.2) is 0 Å². The Bertz CT molecular complexity index is 1100. The molecule has 1 aliphatic heterocycles. The number of fused-ring (bicyclic) bond motifs is 4. The summed E-state index contributed by atoms with van der Waals surface area (Å²) < 4.78 is 6.23. The van der Waals surface area contributed by atoms with Crippen LogP contribution in [-0.4, -0.2) is 26.4 Å². The minimum atomic E-state index is 0.472. The SMILES string of the molecule is CN=Cc1ccc2c(c1)Oc1cc(NCCCN=[N+]=[N-])c3ccccc3c1N2. The zero-order valence-corrected chi connectivity index (χ0v) is 15.5. The van der Waals surface area contributed by atoms with Gasteiger partial charge in [-0.1, -0.05) is 35.4 Å². The molecule has 7 nitrogen and oxygen atoms in total. The molecule has 0 bridgehead atoms. The first kappa shape index (κ1) is 17.7. The molecule has 1 aliphatic rings. The normalized spacial score (nSPS) is 11.9.